The number of hydrogen-bond donors (Lipinski definition) is 2. The maximum Gasteiger partial charge on any atom is 0.341 e. The Morgan fingerprint density at radius 1 is 1.38 bits per heavy atom. The number of anilines is 1. The van der Waals surface area contributed by atoms with Crippen LogP contribution in [0.25, 0.3) is 0 Å². The molecule has 1 aromatic heterocycles. The minimum Gasteiger partial charge on any atom is -0.481 e. The molecule has 158 valence electrons. The van der Waals surface area contributed by atoms with E-state index in [1.54, 1.807) is 13.0 Å². The molecular weight excluding hydrogens is 418 g/mol. The molecule has 1 aromatic rings. The largest absolute Gasteiger partial charge is 0.481 e. The number of rotatable bonds is 5. The molecule has 1 aliphatic heterocycles. The zero-order valence-corrected chi connectivity index (χ0v) is 18.1. The Bertz CT molecular complexity index is 875. The number of carbonyl (C=O) groups excluding carboxylic acids is 2. The Kier molecular flexibility index (Phi) is 6.36. The molecular formula is C20H24ClNO6S. The third kappa shape index (κ3) is 4.65. The van der Waals surface area contributed by atoms with E-state index in [1.165, 1.54) is 11.3 Å². The number of halogens is 1. The summed E-state index contributed by atoms with van der Waals surface area (Å²) >= 11 is 7.33. The number of nitrogens with one attached hydrogen (secondary N) is 1. The standard InChI is InChI=1S/C20H24ClNO6S/c1-4-27-19(26)15-13-8-20(2,3)28-9-14(13)29-17(15)22-16(23)12-7-10(21)5-6-11(12)18(24)25/h5,11-12H,4,6-9H2,1-3H3,(H,22,23)(H,24,25)/t11-,12-/m0/s1. The normalized spacial score (nSPS) is 23.0. The molecule has 9 heteroatoms. The topological polar surface area (TPSA) is 102 Å². The Morgan fingerprint density at radius 3 is 2.76 bits per heavy atom. The summed E-state index contributed by atoms with van der Waals surface area (Å²) in [5, 5.41) is 13.1. The number of esters is 1. The van der Waals surface area contributed by atoms with Gasteiger partial charge in [-0.05, 0) is 39.2 Å². The van der Waals surface area contributed by atoms with Crippen molar-refractivity contribution in [3.63, 3.8) is 0 Å². The van der Waals surface area contributed by atoms with Gasteiger partial charge in [0.05, 0.1) is 36.2 Å². The van der Waals surface area contributed by atoms with Gasteiger partial charge < -0.3 is 19.9 Å². The zero-order chi connectivity index (χ0) is 21.3. The molecule has 0 unspecified atom stereocenters. The highest BCUT2D eigenvalue weighted by atomic mass is 35.5. The summed E-state index contributed by atoms with van der Waals surface area (Å²) in [6.45, 7) is 6.14. The van der Waals surface area contributed by atoms with Gasteiger partial charge in [0.25, 0.3) is 0 Å². The first-order valence-corrected chi connectivity index (χ1v) is 10.7. The fraction of sp³-hybridized carbons (Fsp3) is 0.550. The molecule has 2 aliphatic rings. The first-order chi connectivity index (χ1) is 13.6. The van der Waals surface area contributed by atoms with Gasteiger partial charge in [-0.3, -0.25) is 9.59 Å². The van der Waals surface area contributed by atoms with Gasteiger partial charge in [-0.1, -0.05) is 17.7 Å². The Hall–Kier alpha value is -1.90. The highest BCUT2D eigenvalue weighted by molar-refractivity contribution is 7.17. The molecule has 0 fully saturated rings. The first-order valence-electron chi connectivity index (χ1n) is 9.46. The van der Waals surface area contributed by atoms with Crippen molar-refractivity contribution in [2.45, 2.75) is 52.2 Å². The second-order valence-electron chi connectivity index (χ2n) is 7.78. The maximum atomic E-state index is 13.0. The lowest BCUT2D eigenvalue weighted by molar-refractivity contribution is -0.146. The van der Waals surface area contributed by atoms with Crippen molar-refractivity contribution in [2.24, 2.45) is 11.8 Å². The second kappa shape index (κ2) is 8.45. The third-order valence-electron chi connectivity index (χ3n) is 5.15. The summed E-state index contributed by atoms with van der Waals surface area (Å²) in [5.41, 5.74) is 0.712. The molecule has 1 amide bonds. The number of aliphatic carboxylic acids is 1. The zero-order valence-electron chi connectivity index (χ0n) is 16.5. The number of carbonyl (C=O) groups is 3. The number of ether oxygens (including phenoxy) is 2. The number of allylic oxidation sites excluding steroid dienone is 2. The third-order valence-corrected chi connectivity index (χ3v) is 6.58. The molecule has 0 saturated carbocycles. The van der Waals surface area contributed by atoms with E-state index in [1.807, 2.05) is 13.8 Å². The summed E-state index contributed by atoms with van der Waals surface area (Å²) in [4.78, 5) is 38.1. The van der Waals surface area contributed by atoms with E-state index in [9.17, 15) is 19.5 Å². The monoisotopic (exact) mass is 441 g/mol. The van der Waals surface area contributed by atoms with Crippen molar-refractivity contribution >= 4 is 45.8 Å². The van der Waals surface area contributed by atoms with Crippen molar-refractivity contribution in [3.8, 4) is 0 Å². The van der Waals surface area contributed by atoms with Crippen LogP contribution in [0.5, 0.6) is 0 Å². The van der Waals surface area contributed by atoms with Crippen LogP contribution in [0.3, 0.4) is 0 Å². The van der Waals surface area contributed by atoms with Crippen LogP contribution in [0.4, 0.5) is 5.00 Å². The summed E-state index contributed by atoms with van der Waals surface area (Å²) in [7, 11) is 0. The molecule has 2 heterocycles. The van der Waals surface area contributed by atoms with Gasteiger partial charge in [-0.25, -0.2) is 4.79 Å². The van der Waals surface area contributed by atoms with E-state index < -0.39 is 35.3 Å². The predicted octanol–water partition coefficient (Wildman–Crippen LogP) is 3.95. The lowest BCUT2D eigenvalue weighted by Crippen LogP contribution is -2.35. The number of hydrogen-bond acceptors (Lipinski definition) is 6. The summed E-state index contributed by atoms with van der Waals surface area (Å²) < 4.78 is 11.0. The van der Waals surface area contributed by atoms with Crippen LogP contribution >= 0.6 is 22.9 Å². The average molecular weight is 442 g/mol. The number of carboxylic acids is 1. The van der Waals surface area contributed by atoms with Gasteiger partial charge in [0.2, 0.25) is 5.91 Å². The van der Waals surface area contributed by atoms with Crippen molar-refractivity contribution in [3.05, 3.63) is 27.1 Å². The lowest BCUT2D eigenvalue weighted by Gasteiger charge is -2.30. The van der Waals surface area contributed by atoms with Crippen LogP contribution < -0.4 is 5.32 Å². The van der Waals surface area contributed by atoms with Gasteiger partial charge in [0.1, 0.15) is 5.00 Å². The fourth-order valence-electron chi connectivity index (χ4n) is 3.67. The predicted molar refractivity (Wildman–Crippen MR) is 109 cm³/mol. The quantitative estimate of drug-likeness (QED) is 0.671. The number of carboxylic acid groups (broad SMARTS) is 1. The van der Waals surface area contributed by atoms with Crippen LogP contribution in [0.1, 0.15) is 54.4 Å². The van der Waals surface area contributed by atoms with E-state index >= 15 is 0 Å². The van der Waals surface area contributed by atoms with Crippen molar-refractivity contribution in [1.82, 2.24) is 0 Å². The van der Waals surface area contributed by atoms with Crippen LogP contribution in [0.15, 0.2) is 11.1 Å². The highest BCUT2D eigenvalue weighted by Gasteiger charge is 2.38. The van der Waals surface area contributed by atoms with Gasteiger partial charge in [-0.2, -0.15) is 0 Å². The van der Waals surface area contributed by atoms with Crippen molar-refractivity contribution < 1.29 is 29.0 Å². The van der Waals surface area contributed by atoms with E-state index in [-0.39, 0.29) is 19.4 Å². The van der Waals surface area contributed by atoms with Crippen LogP contribution in [-0.4, -0.2) is 35.2 Å². The molecule has 7 nitrogen and oxygen atoms in total. The number of fused-ring (bicyclic) bond motifs is 1. The van der Waals surface area contributed by atoms with Gasteiger partial charge in [0, 0.05) is 16.3 Å². The van der Waals surface area contributed by atoms with Crippen LogP contribution in [-0.2, 0) is 32.1 Å². The molecule has 0 radical (unpaired) electrons. The smallest absolute Gasteiger partial charge is 0.341 e. The van der Waals surface area contributed by atoms with Crippen molar-refractivity contribution in [1.29, 1.82) is 0 Å². The molecule has 0 aromatic carbocycles. The minimum absolute atomic E-state index is 0.153. The fourth-order valence-corrected chi connectivity index (χ4v) is 5.05. The molecule has 0 spiro atoms. The molecule has 3 rings (SSSR count). The SMILES string of the molecule is CCOC(=O)c1c(NC(=O)[C@H]2CC(Cl)=CC[C@@H]2C(=O)O)sc2c1CC(C)(C)OC2. The Balaban J connectivity index is 1.93. The molecule has 2 N–H and O–H groups in total. The van der Waals surface area contributed by atoms with Gasteiger partial charge in [0.15, 0.2) is 0 Å². The Morgan fingerprint density at radius 2 is 2.10 bits per heavy atom. The highest BCUT2D eigenvalue weighted by Crippen LogP contribution is 2.42. The summed E-state index contributed by atoms with van der Waals surface area (Å²) in [6, 6.07) is 0. The molecule has 2 atom stereocenters. The van der Waals surface area contributed by atoms with Gasteiger partial charge >= 0.3 is 11.9 Å². The van der Waals surface area contributed by atoms with Crippen LogP contribution in [0, 0.1) is 11.8 Å². The summed E-state index contributed by atoms with van der Waals surface area (Å²) in [6.07, 6.45) is 2.50. The van der Waals surface area contributed by atoms with Crippen molar-refractivity contribution in [2.75, 3.05) is 11.9 Å². The number of thiophene rings is 1. The number of amides is 1. The molecule has 29 heavy (non-hydrogen) atoms. The van der Waals surface area contributed by atoms with E-state index in [0.717, 1.165) is 10.4 Å². The van der Waals surface area contributed by atoms with E-state index in [4.69, 9.17) is 21.1 Å². The summed E-state index contributed by atoms with van der Waals surface area (Å²) in [5.74, 6) is -3.69. The minimum atomic E-state index is -1.04. The van der Waals surface area contributed by atoms with E-state index in [0.29, 0.717) is 28.6 Å². The van der Waals surface area contributed by atoms with Gasteiger partial charge in [-0.15, -0.1) is 11.3 Å². The Labute approximate surface area is 178 Å². The molecule has 1 aliphatic carbocycles. The first kappa shape index (κ1) is 21.8. The molecule has 0 saturated heterocycles. The average Bonchev–Trinajstić information content (AvgIpc) is 2.97. The maximum absolute atomic E-state index is 13.0. The van der Waals surface area contributed by atoms with E-state index in [2.05, 4.69) is 5.32 Å². The lowest BCUT2D eigenvalue weighted by atomic mass is 9.82. The molecule has 0 bridgehead atoms. The second-order valence-corrected chi connectivity index (χ2v) is 9.38. The van der Waals surface area contributed by atoms with Crippen LogP contribution in [0.2, 0.25) is 0 Å².